The largest absolute Gasteiger partial charge is 0.389 e. The average molecular weight is 291 g/mol. The summed E-state index contributed by atoms with van der Waals surface area (Å²) in [5, 5.41) is 13.3. The van der Waals surface area contributed by atoms with Crippen LogP contribution in [0.3, 0.4) is 0 Å². The number of rotatable bonds is 6. The van der Waals surface area contributed by atoms with Gasteiger partial charge in [0.1, 0.15) is 0 Å². The molecule has 1 aromatic carbocycles. The highest BCUT2D eigenvalue weighted by atomic mass is 16.3. The van der Waals surface area contributed by atoms with Crippen LogP contribution in [0.1, 0.15) is 26.3 Å². The van der Waals surface area contributed by atoms with E-state index in [9.17, 15) is 5.11 Å². The van der Waals surface area contributed by atoms with Crippen LogP contribution >= 0.6 is 0 Å². The molecule has 118 valence electrons. The molecule has 0 saturated carbocycles. The van der Waals surface area contributed by atoms with Crippen molar-refractivity contribution in [3.8, 4) is 0 Å². The van der Waals surface area contributed by atoms with Crippen LogP contribution in [-0.4, -0.2) is 54.9 Å². The molecule has 21 heavy (non-hydrogen) atoms. The van der Waals surface area contributed by atoms with Crippen molar-refractivity contribution in [2.45, 2.75) is 32.9 Å². The van der Waals surface area contributed by atoms with Gasteiger partial charge >= 0.3 is 0 Å². The van der Waals surface area contributed by atoms with Gasteiger partial charge in [0, 0.05) is 45.0 Å². The highest BCUT2D eigenvalue weighted by Gasteiger charge is 2.23. The Hall–Kier alpha value is -1.10. The Labute approximate surface area is 128 Å². The van der Waals surface area contributed by atoms with E-state index in [1.165, 1.54) is 11.3 Å². The number of piperazine rings is 1. The van der Waals surface area contributed by atoms with Gasteiger partial charge in [0.25, 0.3) is 0 Å². The molecule has 1 fully saturated rings. The Morgan fingerprint density at radius 2 is 1.81 bits per heavy atom. The number of para-hydroxylation sites is 1. The molecule has 1 heterocycles. The maximum atomic E-state index is 9.93. The molecule has 4 nitrogen and oxygen atoms in total. The maximum absolute atomic E-state index is 9.93. The zero-order valence-corrected chi connectivity index (χ0v) is 13.6. The maximum Gasteiger partial charge on any atom is 0.0718 e. The van der Waals surface area contributed by atoms with Gasteiger partial charge < -0.3 is 15.3 Å². The van der Waals surface area contributed by atoms with E-state index >= 15 is 0 Å². The third kappa shape index (κ3) is 4.99. The highest BCUT2D eigenvalue weighted by molar-refractivity contribution is 5.54. The van der Waals surface area contributed by atoms with Crippen molar-refractivity contribution in [1.29, 1.82) is 0 Å². The van der Waals surface area contributed by atoms with E-state index in [0.717, 1.165) is 45.8 Å². The summed E-state index contributed by atoms with van der Waals surface area (Å²) in [6.07, 6.45) is 0. The minimum Gasteiger partial charge on any atom is -0.389 e. The number of β-amino-alcohol motifs (C(OH)–C–C–N with tert-alkyl or cyclic N) is 1. The molecule has 2 N–H and O–H groups in total. The van der Waals surface area contributed by atoms with Crippen LogP contribution in [0.5, 0.6) is 0 Å². The van der Waals surface area contributed by atoms with Crippen LogP contribution in [0.15, 0.2) is 24.3 Å². The zero-order valence-electron chi connectivity index (χ0n) is 13.6. The number of nitrogens with zero attached hydrogens (tertiary/aromatic N) is 2. The van der Waals surface area contributed by atoms with Crippen LogP contribution < -0.4 is 10.2 Å². The Bertz CT molecular complexity index is 434. The first-order chi connectivity index (χ1) is 9.99. The number of hydrogen-bond donors (Lipinski definition) is 2. The van der Waals surface area contributed by atoms with Gasteiger partial charge in [-0.2, -0.15) is 0 Å². The van der Waals surface area contributed by atoms with E-state index in [2.05, 4.69) is 46.3 Å². The molecule has 0 spiro atoms. The normalized spacial score (nSPS) is 17.2. The third-order valence-electron chi connectivity index (χ3n) is 3.88. The van der Waals surface area contributed by atoms with E-state index in [0.29, 0.717) is 0 Å². The first-order valence-electron chi connectivity index (χ1n) is 7.98. The number of anilines is 1. The predicted octanol–water partition coefficient (Wildman–Crippen LogP) is 1.69. The van der Waals surface area contributed by atoms with Gasteiger partial charge in [-0.15, -0.1) is 0 Å². The predicted molar refractivity (Wildman–Crippen MR) is 88.8 cm³/mol. The lowest BCUT2D eigenvalue weighted by Crippen LogP contribution is -2.50. The molecule has 0 aliphatic carbocycles. The Balaban J connectivity index is 1.96. The SMILES string of the molecule is CCNCc1ccccc1N1CCN(CC(C)(C)O)CC1. The van der Waals surface area contributed by atoms with Gasteiger partial charge in [0.2, 0.25) is 0 Å². The first kappa shape index (κ1) is 16.3. The fraction of sp³-hybridized carbons (Fsp3) is 0.647. The van der Waals surface area contributed by atoms with Crippen LogP contribution in [0.4, 0.5) is 5.69 Å². The minimum atomic E-state index is -0.606. The Morgan fingerprint density at radius 1 is 1.14 bits per heavy atom. The van der Waals surface area contributed by atoms with Gasteiger partial charge in [-0.05, 0) is 32.0 Å². The molecule has 2 rings (SSSR count). The second-order valence-corrected chi connectivity index (χ2v) is 6.48. The molecule has 0 amide bonds. The molecule has 1 aromatic rings. The summed E-state index contributed by atoms with van der Waals surface area (Å²) < 4.78 is 0. The van der Waals surface area contributed by atoms with Crippen molar-refractivity contribution in [3.05, 3.63) is 29.8 Å². The molecule has 1 saturated heterocycles. The molecule has 1 aliphatic heterocycles. The van der Waals surface area contributed by atoms with Crippen LogP contribution in [0, 0.1) is 0 Å². The zero-order chi connectivity index (χ0) is 15.3. The van der Waals surface area contributed by atoms with E-state index in [1.807, 2.05) is 13.8 Å². The lowest BCUT2D eigenvalue weighted by molar-refractivity contribution is 0.0345. The molecule has 0 aromatic heterocycles. The molecule has 0 unspecified atom stereocenters. The quantitative estimate of drug-likeness (QED) is 0.836. The lowest BCUT2D eigenvalue weighted by Gasteiger charge is -2.39. The van der Waals surface area contributed by atoms with Crippen molar-refractivity contribution in [1.82, 2.24) is 10.2 Å². The van der Waals surface area contributed by atoms with Crippen molar-refractivity contribution in [2.24, 2.45) is 0 Å². The van der Waals surface area contributed by atoms with E-state index in [1.54, 1.807) is 0 Å². The van der Waals surface area contributed by atoms with E-state index in [4.69, 9.17) is 0 Å². The van der Waals surface area contributed by atoms with Crippen molar-refractivity contribution < 1.29 is 5.11 Å². The van der Waals surface area contributed by atoms with E-state index < -0.39 is 5.60 Å². The molecular weight excluding hydrogens is 262 g/mol. The summed E-state index contributed by atoms with van der Waals surface area (Å²) >= 11 is 0. The van der Waals surface area contributed by atoms with Gasteiger partial charge in [-0.25, -0.2) is 0 Å². The van der Waals surface area contributed by atoms with Gasteiger partial charge in [0.15, 0.2) is 0 Å². The number of nitrogens with one attached hydrogen (secondary N) is 1. The summed E-state index contributed by atoms with van der Waals surface area (Å²) in [5.74, 6) is 0. The summed E-state index contributed by atoms with van der Waals surface area (Å²) in [6, 6.07) is 8.66. The number of benzene rings is 1. The summed E-state index contributed by atoms with van der Waals surface area (Å²) in [4.78, 5) is 4.82. The van der Waals surface area contributed by atoms with Gasteiger partial charge in [0.05, 0.1) is 5.60 Å². The van der Waals surface area contributed by atoms with Gasteiger partial charge in [-0.3, -0.25) is 4.90 Å². The van der Waals surface area contributed by atoms with Gasteiger partial charge in [-0.1, -0.05) is 25.1 Å². The topological polar surface area (TPSA) is 38.7 Å². The van der Waals surface area contributed by atoms with Crippen molar-refractivity contribution in [3.63, 3.8) is 0 Å². The fourth-order valence-electron chi connectivity index (χ4n) is 2.92. The van der Waals surface area contributed by atoms with Crippen molar-refractivity contribution in [2.75, 3.05) is 44.2 Å². The second-order valence-electron chi connectivity index (χ2n) is 6.48. The fourth-order valence-corrected chi connectivity index (χ4v) is 2.92. The smallest absolute Gasteiger partial charge is 0.0718 e. The molecule has 0 bridgehead atoms. The first-order valence-corrected chi connectivity index (χ1v) is 7.98. The molecule has 4 heteroatoms. The van der Waals surface area contributed by atoms with E-state index in [-0.39, 0.29) is 0 Å². The molecule has 1 aliphatic rings. The number of hydrogen-bond acceptors (Lipinski definition) is 4. The van der Waals surface area contributed by atoms with Crippen molar-refractivity contribution >= 4 is 5.69 Å². The summed E-state index contributed by atoms with van der Waals surface area (Å²) in [5.41, 5.74) is 2.11. The number of aliphatic hydroxyl groups is 1. The van der Waals surface area contributed by atoms with Crippen LogP contribution in [0.25, 0.3) is 0 Å². The molecule has 0 radical (unpaired) electrons. The Kier molecular flexibility index (Phi) is 5.62. The summed E-state index contributed by atoms with van der Waals surface area (Å²) in [6.45, 7) is 12.6. The van der Waals surface area contributed by atoms with Crippen LogP contribution in [-0.2, 0) is 6.54 Å². The van der Waals surface area contributed by atoms with Crippen LogP contribution in [0.2, 0.25) is 0 Å². The third-order valence-corrected chi connectivity index (χ3v) is 3.88. The average Bonchev–Trinajstić information content (AvgIpc) is 2.45. The standard InChI is InChI=1S/C17H29N3O/c1-4-18-13-15-7-5-6-8-16(15)20-11-9-19(10-12-20)14-17(2,3)21/h5-8,18,21H,4,9-14H2,1-3H3. The second kappa shape index (κ2) is 7.25. The minimum absolute atomic E-state index is 0.606. The molecular formula is C17H29N3O. The highest BCUT2D eigenvalue weighted by Crippen LogP contribution is 2.22. The monoisotopic (exact) mass is 291 g/mol. The lowest BCUT2D eigenvalue weighted by atomic mass is 10.1. The summed E-state index contributed by atoms with van der Waals surface area (Å²) in [7, 11) is 0. The molecule has 0 atom stereocenters. The Morgan fingerprint density at radius 3 is 2.43 bits per heavy atom.